The summed E-state index contributed by atoms with van der Waals surface area (Å²) in [6.45, 7) is 3.97. The van der Waals surface area contributed by atoms with Crippen LogP contribution in [0, 0.1) is 0 Å². The summed E-state index contributed by atoms with van der Waals surface area (Å²) >= 11 is 6.40. The molecule has 2 atom stereocenters. The molecule has 1 fully saturated rings. The van der Waals surface area contributed by atoms with Crippen molar-refractivity contribution in [1.82, 2.24) is 0 Å². The average Bonchev–Trinajstić information content (AvgIpc) is 2.63. The number of halogens is 1. The lowest BCUT2D eigenvalue weighted by molar-refractivity contribution is 0.554. The molecule has 1 aliphatic rings. The fraction of sp³-hybridized carbons (Fsp3) is 0.538. The Kier molecular flexibility index (Phi) is 3.20. The number of alkyl halides is 1. The van der Waals surface area contributed by atoms with Crippen molar-refractivity contribution in [2.75, 3.05) is 6.16 Å². The molecule has 2 rings (SSSR count). The van der Waals surface area contributed by atoms with Crippen molar-refractivity contribution in [3.63, 3.8) is 0 Å². The highest BCUT2D eigenvalue weighted by molar-refractivity contribution is 7.72. The molecule has 1 heterocycles. The van der Waals surface area contributed by atoms with E-state index in [0.29, 0.717) is 0 Å². The lowest BCUT2D eigenvalue weighted by Crippen LogP contribution is -2.30. The Labute approximate surface area is 103 Å². The van der Waals surface area contributed by atoms with Gasteiger partial charge in [-0.15, -0.1) is 11.6 Å². The first-order valence-corrected chi connectivity index (χ1v) is 8.12. The molecular formula is C13H18ClOP. The van der Waals surface area contributed by atoms with Gasteiger partial charge in [0.25, 0.3) is 0 Å². The Morgan fingerprint density at radius 1 is 1.31 bits per heavy atom. The van der Waals surface area contributed by atoms with Crippen molar-refractivity contribution in [2.24, 2.45) is 0 Å². The highest BCUT2D eigenvalue weighted by atomic mass is 35.5. The fourth-order valence-corrected chi connectivity index (χ4v) is 7.14. The standard InChI is InChI=1S/C13H18ClOP/c1-13(2,14)12-9-6-10-16(12,15)11-7-4-3-5-8-11/h3-5,7-8,12H,6,9-10H2,1-2H3/t12-,16-/m0/s1. The Balaban J connectivity index is 2.42. The van der Waals surface area contributed by atoms with Gasteiger partial charge in [-0.3, -0.25) is 0 Å². The molecule has 0 unspecified atom stereocenters. The van der Waals surface area contributed by atoms with Crippen LogP contribution in [0.3, 0.4) is 0 Å². The third-order valence-electron chi connectivity index (χ3n) is 3.46. The van der Waals surface area contributed by atoms with Crippen LogP contribution in [0.4, 0.5) is 0 Å². The lowest BCUT2D eigenvalue weighted by Gasteiger charge is -2.30. The number of hydrogen-bond acceptors (Lipinski definition) is 1. The maximum atomic E-state index is 13.1. The maximum Gasteiger partial charge on any atom is 0.120 e. The van der Waals surface area contributed by atoms with Gasteiger partial charge < -0.3 is 4.57 Å². The summed E-state index contributed by atoms with van der Waals surface area (Å²) < 4.78 is 13.1. The molecule has 16 heavy (non-hydrogen) atoms. The van der Waals surface area contributed by atoms with Gasteiger partial charge in [-0.05, 0) is 26.7 Å². The van der Waals surface area contributed by atoms with Gasteiger partial charge in [0.2, 0.25) is 0 Å². The van der Waals surface area contributed by atoms with Crippen LogP contribution in [0.25, 0.3) is 0 Å². The van der Waals surface area contributed by atoms with E-state index in [4.69, 9.17) is 11.6 Å². The third-order valence-corrected chi connectivity index (χ3v) is 7.94. The summed E-state index contributed by atoms with van der Waals surface area (Å²) in [7, 11) is -2.29. The maximum absolute atomic E-state index is 13.1. The zero-order valence-electron chi connectivity index (χ0n) is 9.82. The number of rotatable bonds is 2. The lowest BCUT2D eigenvalue weighted by atomic mass is 10.1. The van der Waals surface area contributed by atoms with E-state index in [1.54, 1.807) is 0 Å². The predicted octanol–water partition coefficient (Wildman–Crippen LogP) is 3.85. The van der Waals surface area contributed by atoms with Gasteiger partial charge in [0.15, 0.2) is 0 Å². The van der Waals surface area contributed by atoms with Gasteiger partial charge in [0, 0.05) is 22.0 Å². The van der Waals surface area contributed by atoms with Gasteiger partial charge in [-0.25, -0.2) is 0 Å². The molecular weight excluding hydrogens is 239 g/mol. The summed E-state index contributed by atoms with van der Waals surface area (Å²) in [6, 6.07) is 9.87. The van der Waals surface area contributed by atoms with Crippen molar-refractivity contribution in [3.05, 3.63) is 30.3 Å². The van der Waals surface area contributed by atoms with Crippen LogP contribution in [0.1, 0.15) is 26.7 Å². The topological polar surface area (TPSA) is 17.1 Å². The van der Waals surface area contributed by atoms with Crippen LogP contribution >= 0.6 is 18.7 Å². The molecule has 0 aromatic heterocycles. The first kappa shape index (κ1) is 12.2. The smallest absolute Gasteiger partial charge is 0.120 e. The van der Waals surface area contributed by atoms with E-state index in [1.165, 1.54) is 0 Å². The molecule has 0 saturated carbocycles. The number of benzene rings is 1. The van der Waals surface area contributed by atoms with Crippen LogP contribution in [0.5, 0.6) is 0 Å². The van der Waals surface area contributed by atoms with Gasteiger partial charge >= 0.3 is 0 Å². The van der Waals surface area contributed by atoms with Gasteiger partial charge in [-0.2, -0.15) is 0 Å². The van der Waals surface area contributed by atoms with E-state index in [-0.39, 0.29) is 10.5 Å². The number of hydrogen-bond donors (Lipinski definition) is 0. The molecule has 0 aliphatic carbocycles. The highest BCUT2D eigenvalue weighted by Crippen LogP contribution is 2.61. The van der Waals surface area contributed by atoms with E-state index < -0.39 is 7.14 Å². The summed E-state index contributed by atoms with van der Waals surface area (Å²) in [6.07, 6.45) is 2.84. The van der Waals surface area contributed by atoms with E-state index in [9.17, 15) is 4.57 Å². The Morgan fingerprint density at radius 3 is 2.50 bits per heavy atom. The van der Waals surface area contributed by atoms with Crippen molar-refractivity contribution in [2.45, 2.75) is 37.2 Å². The zero-order chi connectivity index (χ0) is 11.8. The van der Waals surface area contributed by atoms with E-state index in [1.807, 2.05) is 44.2 Å². The normalized spacial score (nSPS) is 30.6. The molecule has 3 heteroatoms. The molecule has 1 aromatic rings. The summed E-state index contributed by atoms with van der Waals surface area (Å²) in [5.74, 6) is 0. The molecule has 1 aromatic carbocycles. The molecule has 1 nitrogen and oxygen atoms in total. The average molecular weight is 257 g/mol. The minimum Gasteiger partial charge on any atom is -0.318 e. The quantitative estimate of drug-likeness (QED) is 0.580. The first-order valence-electron chi connectivity index (χ1n) is 5.78. The Morgan fingerprint density at radius 2 is 1.94 bits per heavy atom. The largest absolute Gasteiger partial charge is 0.318 e. The first-order chi connectivity index (χ1) is 7.44. The molecule has 88 valence electrons. The van der Waals surface area contributed by atoms with Crippen molar-refractivity contribution in [1.29, 1.82) is 0 Å². The molecule has 1 aliphatic heterocycles. The predicted molar refractivity (Wildman–Crippen MR) is 71.5 cm³/mol. The van der Waals surface area contributed by atoms with Crippen molar-refractivity contribution in [3.8, 4) is 0 Å². The summed E-state index contributed by atoms with van der Waals surface area (Å²) in [5, 5.41) is 1.01. The highest BCUT2D eigenvalue weighted by Gasteiger charge is 2.46. The molecule has 0 radical (unpaired) electrons. The molecule has 0 N–H and O–H groups in total. The van der Waals surface area contributed by atoms with Gasteiger partial charge in [-0.1, -0.05) is 30.3 Å². The minimum absolute atomic E-state index is 0.129. The second kappa shape index (κ2) is 4.20. The molecule has 1 saturated heterocycles. The molecule has 0 bridgehead atoms. The van der Waals surface area contributed by atoms with Crippen LogP contribution in [-0.4, -0.2) is 16.7 Å². The second-order valence-electron chi connectivity index (χ2n) is 5.08. The van der Waals surface area contributed by atoms with Gasteiger partial charge in [0.05, 0.1) is 0 Å². The van der Waals surface area contributed by atoms with Crippen LogP contribution in [-0.2, 0) is 4.57 Å². The second-order valence-corrected chi connectivity index (χ2v) is 9.23. The fourth-order valence-electron chi connectivity index (χ4n) is 2.71. The van der Waals surface area contributed by atoms with Gasteiger partial charge in [0.1, 0.15) is 7.14 Å². The van der Waals surface area contributed by atoms with Crippen molar-refractivity contribution >= 4 is 24.0 Å². The third kappa shape index (κ3) is 2.08. The monoisotopic (exact) mass is 256 g/mol. The minimum atomic E-state index is -2.29. The van der Waals surface area contributed by atoms with E-state index in [0.717, 1.165) is 24.3 Å². The Bertz CT molecular complexity index is 408. The SMILES string of the molecule is CC(C)(Cl)[C@@H]1CCC[P@]1(=O)c1ccccc1. The van der Waals surface area contributed by atoms with E-state index in [2.05, 4.69) is 0 Å². The van der Waals surface area contributed by atoms with E-state index >= 15 is 0 Å². The Hall–Kier alpha value is -0.260. The van der Waals surface area contributed by atoms with Crippen LogP contribution < -0.4 is 5.30 Å². The van der Waals surface area contributed by atoms with Crippen LogP contribution in [0.2, 0.25) is 0 Å². The summed E-state index contributed by atoms with van der Waals surface area (Å²) in [4.78, 5) is -0.373. The summed E-state index contributed by atoms with van der Waals surface area (Å²) in [5.41, 5.74) is 0.129. The van der Waals surface area contributed by atoms with Crippen LogP contribution in [0.15, 0.2) is 30.3 Å². The zero-order valence-corrected chi connectivity index (χ0v) is 11.5. The van der Waals surface area contributed by atoms with Crippen molar-refractivity contribution < 1.29 is 4.57 Å². The molecule has 0 spiro atoms. The molecule has 0 amide bonds.